The molecule has 22 heavy (non-hydrogen) atoms. The van der Waals surface area contributed by atoms with E-state index in [4.69, 9.17) is 10.5 Å². The fraction of sp³-hybridized carbons (Fsp3) is 0.588. The van der Waals surface area contributed by atoms with Crippen molar-refractivity contribution < 1.29 is 9.53 Å². The molecule has 0 aromatic heterocycles. The van der Waals surface area contributed by atoms with Crippen LogP contribution in [-0.4, -0.2) is 36.5 Å². The van der Waals surface area contributed by atoms with Gasteiger partial charge in [0.25, 0.3) is 0 Å². The Morgan fingerprint density at radius 1 is 1.41 bits per heavy atom. The number of carbonyl (C=O) groups excluding carboxylic acids is 1. The van der Waals surface area contributed by atoms with Crippen LogP contribution in [0.25, 0.3) is 0 Å². The van der Waals surface area contributed by atoms with Crippen LogP contribution in [0, 0.1) is 5.92 Å². The van der Waals surface area contributed by atoms with Crippen LogP contribution in [0.1, 0.15) is 37.7 Å². The minimum atomic E-state index is 0. The van der Waals surface area contributed by atoms with Gasteiger partial charge >= 0.3 is 0 Å². The van der Waals surface area contributed by atoms with Gasteiger partial charge < -0.3 is 15.4 Å². The van der Waals surface area contributed by atoms with Crippen molar-refractivity contribution in [2.75, 3.05) is 19.7 Å². The normalized spacial score (nSPS) is 26.8. The zero-order valence-corrected chi connectivity index (χ0v) is 13.8. The van der Waals surface area contributed by atoms with Crippen molar-refractivity contribution in [3.8, 4) is 5.75 Å². The largest absolute Gasteiger partial charge is 0.493 e. The zero-order chi connectivity index (χ0) is 14.8. The van der Waals surface area contributed by atoms with Crippen molar-refractivity contribution in [3.63, 3.8) is 0 Å². The topological polar surface area (TPSA) is 55.6 Å². The Morgan fingerprint density at radius 2 is 2.18 bits per heavy atom. The molecule has 2 aliphatic heterocycles. The molecule has 122 valence electrons. The Balaban J connectivity index is 0.00000176. The van der Waals surface area contributed by atoms with E-state index in [0.717, 1.165) is 25.1 Å². The minimum Gasteiger partial charge on any atom is -0.493 e. The molecule has 2 aliphatic rings. The van der Waals surface area contributed by atoms with Gasteiger partial charge in [0, 0.05) is 19.0 Å². The summed E-state index contributed by atoms with van der Waals surface area (Å²) < 4.78 is 5.67. The third kappa shape index (κ3) is 3.39. The lowest BCUT2D eigenvalue weighted by Gasteiger charge is -2.28. The zero-order valence-electron chi connectivity index (χ0n) is 13.0. The summed E-state index contributed by atoms with van der Waals surface area (Å²) in [4.78, 5) is 14.7. The Kier molecular flexibility index (Phi) is 5.70. The number of carbonyl (C=O) groups is 1. The fourth-order valence-corrected chi connectivity index (χ4v) is 3.62. The lowest BCUT2D eigenvalue weighted by atomic mass is 9.90. The van der Waals surface area contributed by atoms with Crippen molar-refractivity contribution in [3.05, 3.63) is 29.8 Å². The number of hydrogen-bond donors (Lipinski definition) is 1. The number of rotatable bonds is 3. The van der Waals surface area contributed by atoms with Crippen LogP contribution in [0.4, 0.5) is 0 Å². The predicted octanol–water partition coefficient (Wildman–Crippen LogP) is 2.56. The second-order valence-corrected chi connectivity index (χ2v) is 6.31. The van der Waals surface area contributed by atoms with Crippen molar-refractivity contribution in [2.24, 2.45) is 11.7 Å². The molecule has 1 aromatic carbocycles. The maximum absolute atomic E-state index is 12.6. The number of nitrogens with zero attached hydrogens (tertiary/aromatic N) is 1. The number of amides is 1. The average Bonchev–Trinajstić information content (AvgIpc) is 2.89. The van der Waals surface area contributed by atoms with E-state index in [2.05, 4.69) is 13.0 Å². The third-order valence-corrected chi connectivity index (χ3v) is 4.82. The van der Waals surface area contributed by atoms with E-state index in [-0.39, 0.29) is 24.2 Å². The second kappa shape index (κ2) is 7.34. The summed E-state index contributed by atoms with van der Waals surface area (Å²) in [7, 11) is 0. The van der Waals surface area contributed by atoms with E-state index in [1.165, 1.54) is 5.56 Å². The molecular formula is C17H25ClN2O2. The predicted molar refractivity (Wildman–Crippen MR) is 89.5 cm³/mol. The van der Waals surface area contributed by atoms with Crippen LogP contribution in [0.2, 0.25) is 0 Å². The standard InChI is InChI=1S/C17H24N2O2.ClH/c1-12-8-13(10-18)11-19(12)17(20)9-14-6-7-21-16-5-3-2-4-15(14)16;/h2-5,12-14H,6-11,18H2,1H3;1H. The third-order valence-electron chi connectivity index (χ3n) is 4.82. The highest BCUT2D eigenvalue weighted by molar-refractivity contribution is 5.85. The summed E-state index contributed by atoms with van der Waals surface area (Å²) in [5.41, 5.74) is 6.93. The molecule has 3 unspecified atom stereocenters. The molecule has 2 N–H and O–H groups in total. The molecule has 1 amide bonds. The van der Waals surface area contributed by atoms with Gasteiger partial charge in [0.1, 0.15) is 5.75 Å². The van der Waals surface area contributed by atoms with E-state index in [1.807, 2.05) is 23.1 Å². The van der Waals surface area contributed by atoms with E-state index in [1.54, 1.807) is 0 Å². The van der Waals surface area contributed by atoms with Crippen LogP contribution in [-0.2, 0) is 4.79 Å². The number of halogens is 1. The molecule has 0 radical (unpaired) electrons. The van der Waals surface area contributed by atoms with Gasteiger partial charge in [-0.05, 0) is 49.8 Å². The van der Waals surface area contributed by atoms with E-state index in [0.29, 0.717) is 31.5 Å². The van der Waals surface area contributed by atoms with Crippen molar-refractivity contribution in [1.29, 1.82) is 0 Å². The van der Waals surface area contributed by atoms with Gasteiger partial charge in [-0.2, -0.15) is 0 Å². The monoisotopic (exact) mass is 324 g/mol. The van der Waals surface area contributed by atoms with E-state index < -0.39 is 0 Å². The first kappa shape index (κ1) is 17.1. The Morgan fingerprint density at radius 3 is 2.91 bits per heavy atom. The molecule has 1 aromatic rings. The Bertz CT molecular complexity index is 523. The fourth-order valence-electron chi connectivity index (χ4n) is 3.62. The number of fused-ring (bicyclic) bond motifs is 1. The van der Waals surface area contributed by atoms with Crippen LogP contribution >= 0.6 is 12.4 Å². The molecule has 1 fully saturated rings. The van der Waals surface area contributed by atoms with Crippen molar-refractivity contribution >= 4 is 18.3 Å². The maximum atomic E-state index is 12.6. The first-order valence-corrected chi connectivity index (χ1v) is 7.90. The average molecular weight is 325 g/mol. The molecule has 0 spiro atoms. The SMILES string of the molecule is CC1CC(CN)CN1C(=O)CC1CCOc2ccccc21.Cl. The molecule has 4 nitrogen and oxygen atoms in total. The Labute approximate surface area is 138 Å². The number of hydrogen-bond acceptors (Lipinski definition) is 3. The number of para-hydroxylation sites is 1. The second-order valence-electron chi connectivity index (χ2n) is 6.31. The summed E-state index contributed by atoms with van der Waals surface area (Å²) in [6.45, 7) is 4.33. The number of likely N-dealkylation sites (tertiary alicyclic amines) is 1. The van der Waals surface area contributed by atoms with Crippen LogP contribution in [0.5, 0.6) is 5.75 Å². The minimum absolute atomic E-state index is 0. The first-order valence-electron chi connectivity index (χ1n) is 7.90. The highest BCUT2D eigenvalue weighted by atomic mass is 35.5. The summed E-state index contributed by atoms with van der Waals surface area (Å²) in [6, 6.07) is 8.41. The van der Waals surface area contributed by atoms with Gasteiger partial charge in [-0.3, -0.25) is 4.79 Å². The number of benzene rings is 1. The molecule has 5 heteroatoms. The summed E-state index contributed by atoms with van der Waals surface area (Å²) in [5, 5.41) is 0. The molecule has 0 aliphatic carbocycles. The summed E-state index contributed by atoms with van der Waals surface area (Å²) in [5.74, 6) is 1.95. The van der Waals surface area contributed by atoms with Gasteiger partial charge in [-0.1, -0.05) is 18.2 Å². The lowest BCUT2D eigenvalue weighted by molar-refractivity contribution is -0.132. The summed E-state index contributed by atoms with van der Waals surface area (Å²) >= 11 is 0. The highest BCUT2D eigenvalue weighted by Gasteiger charge is 2.33. The maximum Gasteiger partial charge on any atom is 0.223 e. The van der Waals surface area contributed by atoms with Gasteiger partial charge in [0.2, 0.25) is 5.91 Å². The molecule has 2 heterocycles. The van der Waals surface area contributed by atoms with Crippen molar-refractivity contribution in [2.45, 2.75) is 38.1 Å². The molecule has 1 saturated heterocycles. The van der Waals surface area contributed by atoms with Gasteiger partial charge in [-0.25, -0.2) is 0 Å². The highest BCUT2D eigenvalue weighted by Crippen LogP contribution is 2.36. The van der Waals surface area contributed by atoms with Crippen LogP contribution in [0.3, 0.4) is 0 Å². The van der Waals surface area contributed by atoms with E-state index in [9.17, 15) is 4.79 Å². The molecule has 3 rings (SSSR count). The number of nitrogens with two attached hydrogens (primary N) is 1. The molecule has 0 bridgehead atoms. The molecular weight excluding hydrogens is 300 g/mol. The number of ether oxygens (including phenoxy) is 1. The quantitative estimate of drug-likeness (QED) is 0.929. The van der Waals surface area contributed by atoms with E-state index >= 15 is 0 Å². The van der Waals surface area contributed by atoms with Gasteiger partial charge in [-0.15, -0.1) is 12.4 Å². The Hall–Kier alpha value is -1.26. The van der Waals surface area contributed by atoms with Crippen LogP contribution in [0.15, 0.2) is 24.3 Å². The lowest BCUT2D eigenvalue weighted by Crippen LogP contribution is -2.35. The van der Waals surface area contributed by atoms with Gasteiger partial charge in [0.05, 0.1) is 6.61 Å². The molecule has 0 saturated carbocycles. The van der Waals surface area contributed by atoms with Crippen molar-refractivity contribution in [1.82, 2.24) is 4.90 Å². The molecule has 3 atom stereocenters. The smallest absolute Gasteiger partial charge is 0.223 e. The summed E-state index contributed by atoms with van der Waals surface area (Å²) in [6.07, 6.45) is 2.54. The first-order chi connectivity index (χ1) is 10.2. The van der Waals surface area contributed by atoms with Crippen LogP contribution < -0.4 is 10.5 Å². The van der Waals surface area contributed by atoms with Gasteiger partial charge in [0.15, 0.2) is 0 Å².